The summed E-state index contributed by atoms with van der Waals surface area (Å²) in [6.07, 6.45) is 0. The molecule has 0 spiro atoms. The van der Waals surface area contributed by atoms with E-state index >= 15 is 0 Å². The zero-order valence-corrected chi connectivity index (χ0v) is 13.2. The first-order valence-corrected chi connectivity index (χ1v) is 7.65. The van der Waals surface area contributed by atoms with E-state index in [0.29, 0.717) is 17.2 Å². The Bertz CT molecular complexity index is 638. The molecule has 21 heavy (non-hydrogen) atoms. The Labute approximate surface area is 127 Å². The van der Waals surface area contributed by atoms with Gasteiger partial charge >= 0.3 is 0 Å². The summed E-state index contributed by atoms with van der Waals surface area (Å²) in [7, 11) is 4.87. The van der Waals surface area contributed by atoms with Crippen LogP contribution in [-0.4, -0.2) is 52.5 Å². The molecule has 1 saturated heterocycles. The molecule has 0 amide bonds. The van der Waals surface area contributed by atoms with Gasteiger partial charge in [0.2, 0.25) is 5.75 Å². The molecule has 0 radical (unpaired) electrons. The average Bonchev–Trinajstić information content (AvgIpc) is 2.97. The molecule has 2 aromatic rings. The van der Waals surface area contributed by atoms with Gasteiger partial charge in [-0.05, 0) is 0 Å². The minimum atomic E-state index is 0.614. The van der Waals surface area contributed by atoms with Crippen LogP contribution < -0.4 is 24.4 Å². The Balaban J connectivity index is 2.11. The summed E-state index contributed by atoms with van der Waals surface area (Å²) in [6, 6.07) is 1.90. The molecule has 2 heterocycles. The number of aromatic nitrogens is 1. The van der Waals surface area contributed by atoms with Crippen molar-refractivity contribution >= 4 is 26.7 Å². The molecule has 1 fully saturated rings. The van der Waals surface area contributed by atoms with Gasteiger partial charge in [0.15, 0.2) is 16.6 Å². The van der Waals surface area contributed by atoms with Crippen molar-refractivity contribution in [1.29, 1.82) is 0 Å². The van der Waals surface area contributed by atoms with Crippen molar-refractivity contribution in [3.8, 4) is 17.2 Å². The van der Waals surface area contributed by atoms with Crippen LogP contribution in [0.25, 0.3) is 10.2 Å². The van der Waals surface area contributed by atoms with E-state index in [4.69, 9.17) is 19.2 Å². The SMILES string of the molecule is COc1cc2nc(N3CCNCC3)sc2c(OC)c1OC. The number of ether oxygens (including phenoxy) is 3. The zero-order chi connectivity index (χ0) is 14.8. The summed E-state index contributed by atoms with van der Waals surface area (Å²) in [4.78, 5) is 7.02. The molecule has 0 aliphatic carbocycles. The first-order valence-electron chi connectivity index (χ1n) is 6.83. The second-order valence-corrected chi connectivity index (χ2v) is 5.70. The van der Waals surface area contributed by atoms with Gasteiger partial charge in [-0.25, -0.2) is 4.98 Å². The van der Waals surface area contributed by atoms with Crippen LogP contribution in [0, 0.1) is 0 Å². The minimum Gasteiger partial charge on any atom is -0.493 e. The molecule has 1 aromatic carbocycles. The Hall–Kier alpha value is -1.73. The summed E-state index contributed by atoms with van der Waals surface area (Å²) in [5.74, 6) is 1.94. The number of thiazole rings is 1. The maximum atomic E-state index is 5.53. The molecule has 0 bridgehead atoms. The number of piperazine rings is 1. The summed E-state index contributed by atoms with van der Waals surface area (Å²) >= 11 is 1.63. The molecule has 1 aromatic heterocycles. The van der Waals surface area contributed by atoms with Gasteiger partial charge in [-0.15, -0.1) is 0 Å². The van der Waals surface area contributed by atoms with E-state index in [1.54, 1.807) is 32.7 Å². The van der Waals surface area contributed by atoms with Gasteiger partial charge in [0.25, 0.3) is 0 Å². The normalized spacial score (nSPS) is 15.3. The van der Waals surface area contributed by atoms with Gasteiger partial charge in [-0.3, -0.25) is 0 Å². The summed E-state index contributed by atoms with van der Waals surface area (Å²) in [5, 5.41) is 4.36. The van der Waals surface area contributed by atoms with Crippen molar-refractivity contribution in [2.75, 3.05) is 52.4 Å². The maximum absolute atomic E-state index is 5.53. The molecule has 0 unspecified atom stereocenters. The van der Waals surface area contributed by atoms with E-state index in [9.17, 15) is 0 Å². The van der Waals surface area contributed by atoms with E-state index in [1.807, 2.05) is 6.07 Å². The van der Waals surface area contributed by atoms with Crippen LogP contribution in [0.5, 0.6) is 17.2 Å². The van der Waals surface area contributed by atoms with Crippen molar-refractivity contribution in [2.24, 2.45) is 0 Å². The van der Waals surface area contributed by atoms with E-state index in [-0.39, 0.29) is 0 Å². The highest BCUT2D eigenvalue weighted by Crippen LogP contribution is 2.46. The minimum absolute atomic E-state index is 0.614. The fourth-order valence-corrected chi connectivity index (χ4v) is 3.62. The topological polar surface area (TPSA) is 55.9 Å². The van der Waals surface area contributed by atoms with E-state index < -0.39 is 0 Å². The number of hydrogen-bond donors (Lipinski definition) is 1. The molecule has 114 valence electrons. The van der Waals surface area contributed by atoms with Crippen LogP contribution >= 0.6 is 11.3 Å². The number of benzene rings is 1. The van der Waals surface area contributed by atoms with Gasteiger partial charge in [0.05, 0.1) is 26.8 Å². The second kappa shape index (κ2) is 5.95. The van der Waals surface area contributed by atoms with Crippen LogP contribution in [0.1, 0.15) is 0 Å². The molecular weight excluding hydrogens is 290 g/mol. The Kier molecular flexibility index (Phi) is 4.03. The molecule has 1 N–H and O–H groups in total. The van der Waals surface area contributed by atoms with Gasteiger partial charge in [0.1, 0.15) is 4.70 Å². The number of nitrogens with zero attached hydrogens (tertiary/aromatic N) is 2. The predicted molar refractivity (Wildman–Crippen MR) is 84.4 cm³/mol. The lowest BCUT2D eigenvalue weighted by atomic mass is 10.2. The third-order valence-corrected chi connectivity index (χ3v) is 4.69. The van der Waals surface area contributed by atoms with E-state index in [0.717, 1.165) is 41.5 Å². The molecule has 6 nitrogen and oxygen atoms in total. The number of nitrogens with one attached hydrogen (secondary N) is 1. The Morgan fingerprint density at radius 2 is 1.81 bits per heavy atom. The number of rotatable bonds is 4. The number of methoxy groups -OCH3 is 3. The number of anilines is 1. The standard InChI is InChI=1S/C14H19N3O3S/c1-18-10-8-9-13(12(20-3)11(10)19-2)21-14(16-9)17-6-4-15-5-7-17/h8,15H,4-7H2,1-3H3. The van der Waals surface area contributed by atoms with Crippen molar-refractivity contribution in [3.05, 3.63) is 6.07 Å². The van der Waals surface area contributed by atoms with Crippen LogP contribution in [0.15, 0.2) is 6.07 Å². The average molecular weight is 309 g/mol. The summed E-state index contributed by atoms with van der Waals surface area (Å²) < 4.78 is 17.3. The predicted octanol–water partition coefficient (Wildman–Crippen LogP) is 1.73. The summed E-state index contributed by atoms with van der Waals surface area (Å²) in [6.45, 7) is 3.91. The first kappa shape index (κ1) is 14.2. The monoisotopic (exact) mass is 309 g/mol. The quantitative estimate of drug-likeness (QED) is 0.928. The Morgan fingerprint density at radius 3 is 2.43 bits per heavy atom. The molecule has 1 aliphatic heterocycles. The third-order valence-electron chi connectivity index (χ3n) is 3.56. The highest BCUT2D eigenvalue weighted by molar-refractivity contribution is 7.22. The smallest absolute Gasteiger partial charge is 0.204 e. The summed E-state index contributed by atoms with van der Waals surface area (Å²) in [5.41, 5.74) is 0.878. The van der Waals surface area contributed by atoms with Gasteiger partial charge in [0, 0.05) is 32.2 Å². The zero-order valence-electron chi connectivity index (χ0n) is 12.4. The Morgan fingerprint density at radius 1 is 1.10 bits per heavy atom. The van der Waals surface area contributed by atoms with Crippen LogP contribution in [0.2, 0.25) is 0 Å². The van der Waals surface area contributed by atoms with Crippen LogP contribution in [0.3, 0.4) is 0 Å². The number of fused-ring (bicyclic) bond motifs is 1. The lowest BCUT2D eigenvalue weighted by molar-refractivity contribution is 0.327. The van der Waals surface area contributed by atoms with Crippen LogP contribution in [-0.2, 0) is 0 Å². The fourth-order valence-electron chi connectivity index (χ4n) is 2.51. The lowest BCUT2D eigenvalue weighted by Crippen LogP contribution is -2.43. The molecule has 0 atom stereocenters. The number of hydrogen-bond acceptors (Lipinski definition) is 7. The maximum Gasteiger partial charge on any atom is 0.204 e. The molecule has 1 aliphatic rings. The highest BCUT2D eigenvalue weighted by atomic mass is 32.1. The van der Waals surface area contributed by atoms with Gasteiger partial charge in [-0.1, -0.05) is 11.3 Å². The highest BCUT2D eigenvalue weighted by Gasteiger charge is 2.21. The second-order valence-electron chi connectivity index (χ2n) is 4.73. The molecule has 0 saturated carbocycles. The molecule has 3 rings (SSSR count). The lowest BCUT2D eigenvalue weighted by Gasteiger charge is -2.26. The fraction of sp³-hybridized carbons (Fsp3) is 0.500. The van der Waals surface area contributed by atoms with Crippen molar-refractivity contribution in [3.63, 3.8) is 0 Å². The van der Waals surface area contributed by atoms with Crippen molar-refractivity contribution in [1.82, 2.24) is 10.3 Å². The third kappa shape index (κ3) is 2.47. The van der Waals surface area contributed by atoms with Gasteiger partial charge < -0.3 is 24.4 Å². The van der Waals surface area contributed by atoms with E-state index in [1.165, 1.54) is 0 Å². The van der Waals surface area contributed by atoms with Gasteiger partial charge in [-0.2, -0.15) is 0 Å². The van der Waals surface area contributed by atoms with Crippen molar-refractivity contribution < 1.29 is 14.2 Å². The van der Waals surface area contributed by atoms with Crippen LogP contribution in [0.4, 0.5) is 5.13 Å². The van der Waals surface area contributed by atoms with Crippen molar-refractivity contribution in [2.45, 2.75) is 0 Å². The largest absolute Gasteiger partial charge is 0.493 e. The van der Waals surface area contributed by atoms with E-state index in [2.05, 4.69) is 10.2 Å². The molecule has 7 heteroatoms. The first-order chi connectivity index (χ1) is 10.3. The molecular formula is C14H19N3O3S.